The highest BCUT2D eigenvalue weighted by atomic mass is 35.5. The summed E-state index contributed by atoms with van der Waals surface area (Å²) in [7, 11) is 0. The summed E-state index contributed by atoms with van der Waals surface area (Å²) < 4.78 is 0. The molecule has 0 N–H and O–H groups in total. The number of pyridine rings is 2. The van der Waals surface area contributed by atoms with Crippen molar-refractivity contribution in [2.45, 2.75) is 6.92 Å². The van der Waals surface area contributed by atoms with Gasteiger partial charge in [0.05, 0.1) is 10.7 Å². The second kappa shape index (κ2) is 6.20. The summed E-state index contributed by atoms with van der Waals surface area (Å²) in [4.78, 5) is 22.3. The molecule has 0 spiro atoms. The fraction of sp³-hybridized carbons (Fsp3) is 0.294. The Balaban J connectivity index is 1.51. The van der Waals surface area contributed by atoms with Crippen LogP contribution in [-0.2, 0) is 0 Å². The summed E-state index contributed by atoms with van der Waals surface area (Å²) in [5.41, 5.74) is 1.69. The van der Waals surface area contributed by atoms with Crippen LogP contribution < -0.4 is 9.80 Å². The molecule has 4 rings (SSSR count). The van der Waals surface area contributed by atoms with Crippen molar-refractivity contribution in [1.82, 2.24) is 19.9 Å². The van der Waals surface area contributed by atoms with Crippen LogP contribution in [-0.4, -0.2) is 46.1 Å². The fourth-order valence-electron chi connectivity index (χ4n) is 3.01. The highest BCUT2D eigenvalue weighted by Gasteiger charge is 2.20. The summed E-state index contributed by atoms with van der Waals surface area (Å²) >= 11 is 5.98. The lowest BCUT2D eigenvalue weighted by atomic mass is 10.2. The van der Waals surface area contributed by atoms with Crippen molar-refractivity contribution in [2.75, 3.05) is 36.0 Å². The molecule has 1 aliphatic heterocycles. The third-order valence-corrected chi connectivity index (χ3v) is 4.46. The first-order valence-electron chi connectivity index (χ1n) is 7.90. The summed E-state index contributed by atoms with van der Waals surface area (Å²) in [5, 5.41) is 1.59. The average molecular weight is 341 g/mol. The number of rotatable bonds is 2. The van der Waals surface area contributed by atoms with E-state index in [1.165, 1.54) is 0 Å². The molecule has 3 aromatic heterocycles. The predicted octanol–water partition coefficient (Wildman–Crippen LogP) is 2.71. The van der Waals surface area contributed by atoms with Crippen molar-refractivity contribution in [2.24, 2.45) is 0 Å². The van der Waals surface area contributed by atoms with Crippen LogP contribution in [0.3, 0.4) is 0 Å². The minimum Gasteiger partial charge on any atom is -0.353 e. The summed E-state index contributed by atoms with van der Waals surface area (Å²) in [5.74, 6) is 1.92. The van der Waals surface area contributed by atoms with Gasteiger partial charge in [-0.3, -0.25) is 4.98 Å². The Morgan fingerprint density at radius 3 is 2.50 bits per heavy atom. The molecule has 0 aromatic carbocycles. The van der Waals surface area contributed by atoms with Crippen molar-refractivity contribution in [3.05, 3.63) is 47.5 Å². The topological polar surface area (TPSA) is 58.0 Å². The Hall–Kier alpha value is -2.47. The standard InChI is InChI=1S/C17H17ClN6/c1-12-17(20-5-4-19-12)24-8-6-23(7-9-24)15-3-2-13-10-14(18)11-21-16(13)22-15/h2-5,10-11H,6-9H2,1H3. The van der Waals surface area contributed by atoms with Gasteiger partial charge in [-0.05, 0) is 25.1 Å². The van der Waals surface area contributed by atoms with Gasteiger partial charge in [0, 0.05) is 50.2 Å². The molecule has 0 bridgehead atoms. The molecule has 1 aliphatic rings. The van der Waals surface area contributed by atoms with E-state index in [0.29, 0.717) is 5.02 Å². The Morgan fingerprint density at radius 1 is 0.958 bits per heavy atom. The minimum atomic E-state index is 0.630. The van der Waals surface area contributed by atoms with Crippen molar-refractivity contribution in [1.29, 1.82) is 0 Å². The molecule has 24 heavy (non-hydrogen) atoms. The maximum Gasteiger partial charge on any atom is 0.161 e. The summed E-state index contributed by atoms with van der Waals surface area (Å²) in [6.45, 7) is 5.57. The number of aryl methyl sites for hydroxylation is 1. The van der Waals surface area contributed by atoms with Crippen LogP contribution in [0.25, 0.3) is 11.0 Å². The van der Waals surface area contributed by atoms with Crippen LogP contribution in [0.1, 0.15) is 5.69 Å². The first-order valence-corrected chi connectivity index (χ1v) is 8.28. The van der Waals surface area contributed by atoms with Crippen molar-refractivity contribution >= 4 is 34.3 Å². The lowest BCUT2D eigenvalue weighted by molar-refractivity contribution is 0.639. The maximum absolute atomic E-state index is 5.98. The Morgan fingerprint density at radius 2 is 1.71 bits per heavy atom. The van der Waals surface area contributed by atoms with Gasteiger partial charge in [-0.25, -0.2) is 15.0 Å². The third-order valence-electron chi connectivity index (χ3n) is 4.25. The molecular weight excluding hydrogens is 324 g/mol. The van der Waals surface area contributed by atoms with Crippen LogP contribution in [0, 0.1) is 6.92 Å². The number of anilines is 2. The monoisotopic (exact) mass is 340 g/mol. The lowest BCUT2D eigenvalue weighted by Gasteiger charge is -2.36. The number of hydrogen-bond donors (Lipinski definition) is 0. The van der Waals surface area contributed by atoms with Gasteiger partial charge in [0.25, 0.3) is 0 Å². The van der Waals surface area contributed by atoms with Crippen molar-refractivity contribution in [3.8, 4) is 0 Å². The number of aromatic nitrogens is 4. The van der Waals surface area contributed by atoms with Crippen LogP contribution in [0.15, 0.2) is 36.8 Å². The number of halogens is 1. The van der Waals surface area contributed by atoms with E-state index in [2.05, 4.69) is 29.7 Å². The molecule has 7 heteroatoms. The number of piperazine rings is 1. The predicted molar refractivity (Wildman–Crippen MR) is 95.7 cm³/mol. The van der Waals surface area contributed by atoms with Gasteiger partial charge in [0.15, 0.2) is 5.65 Å². The van der Waals surface area contributed by atoms with Crippen LogP contribution in [0.5, 0.6) is 0 Å². The molecule has 0 aliphatic carbocycles. The van der Waals surface area contributed by atoms with E-state index in [1.54, 1.807) is 18.6 Å². The quantitative estimate of drug-likeness (QED) is 0.715. The molecule has 4 heterocycles. The zero-order chi connectivity index (χ0) is 16.5. The SMILES string of the molecule is Cc1nccnc1N1CCN(c2ccc3cc(Cl)cnc3n2)CC1. The second-order valence-corrected chi connectivity index (χ2v) is 6.25. The van der Waals surface area contributed by atoms with Gasteiger partial charge in [0.2, 0.25) is 0 Å². The number of nitrogens with zero attached hydrogens (tertiary/aromatic N) is 6. The zero-order valence-corrected chi connectivity index (χ0v) is 14.1. The molecule has 3 aromatic rings. The number of fused-ring (bicyclic) bond motifs is 1. The molecule has 0 atom stereocenters. The number of hydrogen-bond acceptors (Lipinski definition) is 6. The van der Waals surface area contributed by atoms with Crippen LogP contribution in [0.2, 0.25) is 5.02 Å². The third kappa shape index (κ3) is 2.85. The van der Waals surface area contributed by atoms with E-state index >= 15 is 0 Å². The lowest BCUT2D eigenvalue weighted by Crippen LogP contribution is -2.47. The van der Waals surface area contributed by atoms with Crippen molar-refractivity contribution < 1.29 is 0 Å². The normalized spacial score (nSPS) is 15.1. The molecule has 6 nitrogen and oxygen atoms in total. The van der Waals surface area contributed by atoms with Gasteiger partial charge >= 0.3 is 0 Å². The van der Waals surface area contributed by atoms with Crippen LogP contribution in [0.4, 0.5) is 11.6 Å². The largest absolute Gasteiger partial charge is 0.353 e. The second-order valence-electron chi connectivity index (χ2n) is 5.81. The summed E-state index contributed by atoms with van der Waals surface area (Å²) in [6.07, 6.45) is 5.11. The first-order chi connectivity index (χ1) is 11.7. The molecule has 0 amide bonds. The fourth-order valence-corrected chi connectivity index (χ4v) is 3.17. The highest BCUT2D eigenvalue weighted by molar-refractivity contribution is 6.31. The molecule has 0 radical (unpaired) electrons. The zero-order valence-electron chi connectivity index (χ0n) is 13.4. The van der Waals surface area contributed by atoms with E-state index in [4.69, 9.17) is 11.6 Å². The van der Waals surface area contributed by atoms with E-state index in [-0.39, 0.29) is 0 Å². The molecule has 1 fully saturated rings. The molecule has 0 unspecified atom stereocenters. The van der Waals surface area contributed by atoms with Gasteiger partial charge in [-0.15, -0.1) is 0 Å². The first kappa shape index (κ1) is 15.1. The van der Waals surface area contributed by atoms with E-state index < -0.39 is 0 Å². The van der Waals surface area contributed by atoms with Gasteiger partial charge in [-0.2, -0.15) is 0 Å². The van der Waals surface area contributed by atoms with E-state index in [0.717, 1.165) is 54.5 Å². The van der Waals surface area contributed by atoms with Crippen molar-refractivity contribution in [3.63, 3.8) is 0 Å². The van der Waals surface area contributed by atoms with Gasteiger partial charge < -0.3 is 9.80 Å². The molecule has 0 saturated carbocycles. The van der Waals surface area contributed by atoms with Gasteiger partial charge in [0.1, 0.15) is 11.6 Å². The highest BCUT2D eigenvalue weighted by Crippen LogP contribution is 2.22. The Bertz CT molecular complexity index is 876. The Kier molecular flexibility index (Phi) is 3.90. The maximum atomic E-state index is 5.98. The smallest absolute Gasteiger partial charge is 0.161 e. The average Bonchev–Trinajstić information content (AvgIpc) is 2.62. The van der Waals surface area contributed by atoms with Crippen LogP contribution >= 0.6 is 11.6 Å². The summed E-state index contributed by atoms with van der Waals surface area (Å²) in [6, 6.07) is 5.94. The molecular formula is C17H17ClN6. The minimum absolute atomic E-state index is 0.630. The van der Waals surface area contributed by atoms with E-state index in [1.807, 2.05) is 25.1 Å². The van der Waals surface area contributed by atoms with Gasteiger partial charge in [-0.1, -0.05) is 11.6 Å². The molecule has 122 valence electrons. The van der Waals surface area contributed by atoms with E-state index in [9.17, 15) is 0 Å². The molecule has 1 saturated heterocycles. The Labute approximate surface area is 145 Å².